The van der Waals surface area contributed by atoms with Gasteiger partial charge in [0.1, 0.15) is 6.54 Å². The van der Waals surface area contributed by atoms with Crippen LogP contribution in [0.5, 0.6) is 0 Å². The molecule has 1 fully saturated rings. The molecule has 29 heavy (non-hydrogen) atoms. The van der Waals surface area contributed by atoms with Crippen LogP contribution in [-0.4, -0.2) is 26.8 Å². The first kappa shape index (κ1) is 19.7. The molecule has 0 saturated heterocycles. The second-order valence-electron chi connectivity index (χ2n) is 7.78. The normalized spacial score (nSPS) is 18.0. The van der Waals surface area contributed by atoms with Crippen LogP contribution in [0.2, 0.25) is 0 Å². The van der Waals surface area contributed by atoms with E-state index in [2.05, 4.69) is 10.9 Å². The fourth-order valence-electron chi connectivity index (χ4n) is 4.31. The van der Waals surface area contributed by atoms with Gasteiger partial charge in [0.05, 0.1) is 10.6 Å². The summed E-state index contributed by atoms with van der Waals surface area (Å²) in [7, 11) is -3.80. The van der Waals surface area contributed by atoms with Gasteiger partial charge in [-0.1, -0.05) is 56.4 Å². The van der Waals surface area contributed by atoms with E-state index in [1.165, 1.54) is 32.1 Å². The van der Waals surface area contributed by atoms with Gasteiger partial charge in [-0.15, -0.1) is 0 Å². The number of rotatable bonds is 5. The van der Waals surface area contributed by atoms with Gasteiger partial charge in [0, 0.05) is 11.8 Å². The Morgan fingerprint density at radius 3 is 2.41 bits per heavy atom. The minimum atomic E-state index is -3.80. The van der Waals surface area contributed by atoms with E-state index in [1.807, 2.05) is 12.1 Å². The summed E-state index contributed by atoms with van der Waals surface area (Å²) in [6.45, 7) is -0.390. The molecule has 1 aliphatic heterocycles. The minimum absolute atomic E-state index is 0.204. The maximum atomic E-state index is 12.9. The number of benzene rings is 2. The molecule has 0 atom stereocenters. The minimum Gasteiger partial charge on any atom is -0.273 e. The highest BCUT2D eigenvalue weighted by Crippen LogP contribution is 2.41. The summed E-state index contributed by atoms with van der Waals surface area (Å²) in [5.41, 5.74) is 5.24. The molecule has 7 nitrogen and oxygen atoms in total. The first-order valence-corrected chi connectivity index (χ1v) is 11.5. The summed E-state index contributed by atoms with van der Waals surface area (Å²) in [6.07, 6.45) is 7.23. The van der Waals surface area contributed by atoms with Crippen LogP contribution in [0, 0.1) is 5.92 Å². The predicted octanol–water partition coefficient (Wildman–Crippen LogP) is 2.86. The molecule has 8 heteroatoms. The molecule has 0 bridgehead atoms. The molecule has 0 radical (unpaired) electrons. The third kappa shape index (κ3) is 3.94. The number of anilines is 1. The Kier molecular flexibility index (Phi) is 5.45. The summed E-state index contributed by atoms with van der Waals surface area (Å²) in [6, 6.07) is 10.4. The zero-order valence-electron chi connectivity index (χ0n) is 16.2. The van der Waals surface area contributed by atoms with Crippen LogP contribution in [0.4, 0.5) is 5.69 Å². The number of hydrogen-bond acceptors (Lipinski definition) is 4. The number of sulfonamides is 1. The number of nitrogens with one attached hydrogen (secondary N) is 2. The SMILES string of the molecule is O=C(CCC1CCCCC1)NNC(=O)CN1c2cccc3cccc(c23)S1(=O)=O. The zero-order valence-corrected chi connectivity index (χ0v) is 17.0. The Bertz CT molecular complexity index is 1040. The van der Waals surface area contributed by atoms with Crippen molar-refractivity contribution in [2.24, 2.45) is 5.92 Å². The number of hydrazine groups is 1. The third-order valence-corrected chi connectivity index (χ3v) is 7.62. The average Bonchev–Trinajstić information content (AvgIpc) is 2.95. The van der Waals surface area contributed by atoms with Crippen molar-refractivity contribution in [1.29, 1.82) is 0 Å². The maximum absolute atomic E-state index is 12.9. The largest absolute Gasteiger partial charge is 0.273 e. The van der Waals surface area contributed by atoms with E-state index in [0.29, 0.717) is 23.4 Å². The van der Waals surface area contributed by atoms with Gasteiger partial charge in [-0.2, -0.15) is 0 Å². The molecule has 2 N–H and O–H groups in total. The molecular formula is C21H25N3O4S. The first-order valence-electron chi connectivity index (χ1n) is 10.1. The van der Waals surface area contributed by atoms with Gasteiger partial charge < -0.3 is 0 Å². The topological polar surface area (TPSA) is 95.6 Å². The van der Waals surface area contributed by atoms with E-state index in [1.54, 1.807) is 24.3 Å². The predicted molar refractivity (Wildman–Crippen MR) is 111 cm³/mol. The molecule has 1 aliphatic carbocycles. The summed E-state index contributed by atoms with van der Waals surface area (Å²) in [4.78, 5) is 24.6. The maximum Gasteiger partial charge on any atom is 0.265 e. The lowest BCUT2D eigenvalue weighted by Gasteiger charge is -2.21. The van der Waals surface area contributed by atoms with Crippen molar-refractivity contribution >= 4 is 38.3 Å². The summed E-state index contributed by atoms with van der Waals surface area (Å²) in [5.74, 6) is -0.248. The van der Waals surface area contributed by atoms with E-state index >= 15 is 0 Å². The lowest BCUT2D eigenvalue weighted by molar-refractivity contribution is -0.128. The third-order valence-electron chi connectivity index (χ3n) is 5.81. The molecule has 0 aromatic heterocycles. The van der Waals surface area contributed by atoms with Gasteiger partial charge in [0.2, 0.25) is 5.91 Å². The monoisotopic (exact) mass is 415 g/mol. The number of amides is 2. The van der Waals surface area contributed by atoms with E-state index < -0.39 is 15.9 Å². The van der Waals surface area contributed by atoms with Gasteiger partial charge in [-0.05, 0) is 29.9 Å². The summed E-state index contributed by atoms with van der Waals surface area (Å²) >= 11 is 0. The van der Waals surface area contributed by atoms with Gasteiger partial charge in [0.25, 0.3) is 15.9 Å². The van der Waals surface area contributed by atoms with Crippen molar-refractivity contribution in [3.8, 4) is 0 Å². The molecule has 1 saturated carbocycles. The Balaban J connectivity index is 1.35. The zero-order chi connectivity index (χ0) is 20.4. The molecule has 2 amide bonds. The Morgan fingerprint density at radius 2 is 1.66 bits per heavy atom. The number of nitrogens with zero attached hydrogens (tertiary/aromatic N) is 1. The number of carbonyl (C=O) groups is 2. The van der Waals surface area contributed by atoms with Crippen molar-refractivity contribution in [3.63, 3.8) is 0 Å². The first-order chi connectivity index (χ1) is 14.0. The van der Waals surface area contributed by atoms with Gasteiger partial charge >= 0.3 is 0 Å². The average molecular weight is 416 g/mol. The number of hydrogen-bond donors (Lipinski definition) is 2. The molecular weight excluding hydrogens is 390 g/mol. The molecule has 154 valence electrons. The van der Waals surface area contributed by atoms with E-state index in [4.69, 9.17) is 0 Å². The van der Waals surface area contributed by atoms with Crippen molar-refractivity contribution < 1.29 is 18.0 Å². The van der Waals surface area contributed by atoms with Gasteiger partial charge in [-0.3, -0.25) is 24.7 Å². The molecule has 2 aromatic carbocycles. The van der Waals surface area contributed by atoms with Crippen molar-refractivity contribution in [3.05, 3.63) is 36.4 Å². The van der Waals surface area contributed by atoms with Crippen molar-refractivity contribution in [2.45, 2.75) is 49.8 Å². The Hall–Kier alpha value is -2.61. The van der Waals surface area contributed by atoms with Gasteiger partial charge in [-0.25, -0.2) is 8.42 Å². The highest BCUT2D eigenvalue weighted by Gasteiger charge is 2.36. The molecule has 2 aromatic rings. The lowest BCUT2D eigenvalue weighted by atomic mass is 9.86. The Morgan fingerprint density at radius 1 is 0.966 bits per heavy atom. The fraction of sp³-hybridized carbons (Fsp3) is 0.429. The summed E-state index contributed by atoms with van der Waals surface area (Å²) < 4.78 is 26.8. The molecule has 1 heterocycles. The molecule has 0 spiro atoms. The standard InChI is InChI=1S/C21H25N3O4S/c25-19(13-12-15-6-2-1-3-7-15)22-23-20(26)14-24-17-10-4-8-16-9-5-11-18(21(16)17)29(24,27)28/h4-5,8-11,15H,1-3,6-7,12-14H2,(H,22,25)(H,23,26). The smallest absolute Gasteiger partial charge is 0.265 e. The lowest BCUT2D eigenvalue weighted by Crippen LogP contribution is -2.47. The molecule has 0 unspecified atom stereocenters. The second-order valence-corrected chi connectivity index (χ2v) is 9.61. The van der Waals surface area contributed by atoms with Crippen LogP contribution in [-0.2, 0) is 19.6 Å². The van der Waals surface area contributed by atoms with Crippen molar-refractivity contribution in [2.75, 3.05) is 10.8 Å². The fourth-order valence-corrected chi connectivity index (χ4v) is 5.98. The highest BCUT2D eigenvalue weighted by molar-refractivity contribution is 7.93. The van der Waals surface area contributed by atoms with E-state index in [0.717, 1.165) is 16.1 Å². The second kappa shape index (κ2) is 8.02. The van der Waals surface area contributed by atoms with Crippen molar-refractivity contribution in [1.82, 2.24) is 10.9 Å². The van der Waals surface area contributed by atoms with Crippen LogP contribution < -0.4 is 15.2 Å². The quantitative estimate of drug-likeness (QED) is 0.734. The van der Waals surface area contributed by atoms with E-state index in [9.17, 15) is 18.0 Å². The number of carbonyl (C=O) groups excluding carboxylic acids is 2. The van der Waals surface area contributed by atoms with Crippen LogP contribution in [0.1, 0.15) is 44.9 Å². The van der Waals surface area contributed by atoms with Crippen LogP contribution in [0.15, 0.2) is 41.3 Å². The van der Waals surface area contributed by atoms with Crippen LogP contribution in [0.3, 0.4) is 0 Å². The van der Waals surface area contributed by atoms with Gasteiger partial charge in [0.15, 0.2) is 0 Å². The summed E-state index contributed by atoms with van der Waals surface area (Å²) in [5, 5.41) is 1.43. The molecule has 2 aliphatic rings. The van der Waals surface area contributed by atoms with Crippen LogP contribution >= 0.6 is 0 Å². The Labute approximate surface area is 170 Å². The highest BCUT2D eigenvalue weighted by atomic mass is 32.2. The van der Waals surface area contributed by atoms with Crippen LogP contribution in [0.25, 0.3) is 10.8 Å². The molecule has 4 rings (SSSR count). The van der Waals surface area contributed by atoms with E-state index in [-0.39, 0.29) is 17.3 Å².